The number of carboxylic acids is 1. The summed E-state index contributed by atoms with van der Waals surface area (Å²) in [6, 6.07) is 13.2. The Bertz CT molecular complexity index is 976. The van der Waals surface area contributed by atoms with Gasteiger partial charge in [-0.2, -0.15) is 10.6 Å². The second kappa shape index (κ2) is 10.1. The SMILES string of the molecule is CCCC[C@]1(CC)CS(O)(O)c2cc(C=CC(=O)O)c(OC)cc2[C@@H](c2ccccc2)N1. The van der Waals surface area contributed by atoms with Gasteiger partial charge in [-0.25, -0.2) is 4.79 Å². The first-order valence-electron chi connectivity index (χ1n) is 11.0. The molecule has 0 radical (unpaired) electrons. The maximum Gasteiger partial charge on any atom is 0.328 e. The maximum atomic E-state index is 11.4. The Labute approximate surface area is 191 Å². The molecule has 2 aromatic rings. The van der Waals surface area contributed by atoms with Crippen LogP contribution in [0.2, 0.25) is 0 Å². The summed E-state index contributed by atoms with van der Waals surface area (Å²) in [6.45, 7) is 4.21. The molecule has 0 saturated heterocycles. The molecule has 0 saturated carbocycles. The van der Waals surface area contributed by atoms with E-state index in [1.165, 1.54) is 13.2 Å². The average Bonchev–Trinajstić information content (AvgIpc) is 2.88. The van der Waals surface area contributed by atoms with Gasteiger partial charge in [0.2, 0.25) is 0 Å². The van der Waals surface area contributed by atoms with Gasteiger partial charge < -0.3 is 9.84 Å². The zero-order valence-corrected chi connectivity index (χ0v) is 19.7. The summed E-state index contributed by atoms with van der Waals surface area (Å²) in [5, 5.41) is 12.9. The predicted molar refractivity (Wildman–Crippen MR) is 130 cm³/mol. The molecule has 7 heteroatoms. The van der Waals surface area contributed by atoms with Crippen molar-refractivity contribution < 1.29 is 23.7 Å². The summed E-state index contributed by atoms with van der Waals surface area (Å²) < 4.78 is 28.4. The monoisotopic (exact) mass is 459 g/mol. The Morgan fingerprint density at radius 2 is 1.97 bits per heavy atom. The summed E-state index contributed by atoms with van der Waals surface area (Å²) in [5.74, 6) is -0.389. The molecule has 1 heterocycles. The Hall–Kier alpha value is -2.32. The number of fused-ring (bicyclic) bond motifs is 1. The third-order valence-corrected chi connectivity index (χ3v) is 8.19. The van der Waals surface area contributed by atoms with Crippen LogP contribution in [-0.2, 0) is 4.79 Å². The van der Waals surface area contributed by atoms with Gasteiger partial charge in [-0.1, -0.05) is 57.0 Å². The van der Waals surface area contributed by atoms with Crippen LogP contribution in [-0.4, -0.2) is 38.6 Å². The van der Waals surface area contributed by atoms with Crippen LogP contribution in [0.4, 0.5) is 0 Å². The van der Waals surface area contributed by atoms with E-state index in [4.69, 9.17) is 9.84 Å². The largest absolute Gasteiger partial charge is 0.496 e. The van der Waals surface area contributed by atoms with Crippen molar-refractivity contribution in [2.45, 2.75) is 56.0 Å². The minimum Gasteiger partial charge on any atom is -0.496 e. The highest BCUT2D eigenvalue weighted by atomic mass is 32.3. The lowest BCUT2D eigenvalue weighted by atomic mass is 9.88. The molecular weight excluding hydrogens is 426 g/mol. The van der Waals surface area contributed by atoms with Gasteiger partial charge in [0.1, 0.15) is 5.75 Å². The molecule has 0 aromatic heterocycles. The number of aliphatic carboxylic acids is 1. The van der Waals surface area contributed by atoms with Crippen LogP contribution < -0.4 is 10.1 Å². The van der Waals surface area contributed by atoms with Crippen molar-refractivity contribution in [3.8, 4) is 5.75 Å². The van der Waals surface area contributed by atoms with Gasteiger partial charge in [0.15, 0.2) is 0 Å². The van der Waals surface area contributed by atoms with E-state index in [0.29, 0.717) is 16.2 Å². The molecule has 0 amide bonds. The number of rotatable bonds is 8. The molecule has 0 unspecified atom stereocenters. The molecule has 0 aliphatic carbocycles. The van der Waals surface area contributed by atoms with Crippen molar-refractivity contribution in [1.29, 1.82) is 0 Å². The fraction of sp³-hybridized carbons (Fsp3) is 0.400. The van der Waals surface area contributed by atoms with Gasteiger partial charge >= 0.3 is 5.97 Å². The number of carbonyl (C=O) groups is 1. The number of methoxy groups -OCH3 is 1. The number of hydrogen-bond acceptors (Lipinski definition) is 5. The van der Waals surface area contributed by atoms with Crippen LogP contribution in [0.5, 0.6) is 5.75 Å². The van der Waals surface area contributed by atoms with Gasteiger partial charge in [0.05, 0.1) is 23.8 Å². The van der Waals surface area contributed by atoms with E-state index in [9.17, 15) is 13.9 Å². The quantitative estimate of drug-likeness (QED) is 0.365. The van der Waals surface area contributed by atoms with Crippen molar-refractivity contribution in [2.75, 3.05) is 12.9 Å². The van der Waals surface area contributed by atoms with Gasteiger partial charge in [-0.05, 0) is 36.6 Å². The van der Waals surface area contributed by atoms with E-state index < -0.39 is 22.1 Å². The van der Waals surface area contributed by atoms with Crippen LogP contribution in [0.3, 0.4) is 0 Å². The summed E-state index contributed by atoms with van der Waals surface area (Å²) in [5.41, 5.74) is 1.82. The highest BCUT2D eigenvalue weighted by Crippen LogP contribution is 2.58. The molecule has 32 heavy (non-hydrogen) atoms. The first-order valence-corrected chi connectivity index (χ1v) is 12.7. The topological polar surface area (TPSA) is 99.0 Å². The number of hydrogen-bond donors (Lipinski definition) is 4. The third-order valence-electron chi connectivity index (χ3n) is 6.18. The second-order valence-electron chi connectivity index (χ2n) is 8.34. The highest BCUT2D eigenvalue weighted by Gasteiger charge is 2.42. The molecule has 0 bridgehead atoms. The summed E-state index contributed by atoms with van der Waals surface area (Å²) >= 11 is 0. The standard InChI is InChI=1S/C25H33NO5S/c1-4-6-14-25(5-2)17-32(29,30)22-15-19(12-13-23(27)28)21(31-3)16-20(22)24(26-25)18-10-8-7-9-11-18/h7-13,15-16,24,26,29-30H,4-6,14,17H2,1-3H3,(H,27,28)/t24-,25-/m1/s1. The summed E-state index contributed by atoms with van der Waals surface area (Å²) in [4.78, 5) is 11.5. The van der Waals surface area contributed by atoms with Crippen molar-refractivity contribution >= 4 is 22.6 Å². The van der Waals surface area contributed by atoms with Gasteiger partial charge in [-0.3, -0.25) is 14.4 Å². The minimum absolute atomic E-state index is 0.210. The minimum atomic E-state index is -3.15. The average molecular weight is 460 g/mol. The molecule has 0 spiro atoms. The smallest absolute Gasteiger partial charge is 0.328 e. The summed E-state index contributed by atoms with van der Waals surface area (Å²) in [7, 11) is -1.63. The summed E-state index contributed by atoms with van der Waals surface area (Å²) in [6.07, 6.45) is 6.03. The third kappa shape index (κ3) is 5.18. The van der Waals surface area contributed by atoms with Crippen LogP contribution >= 0.6 is 10.6 Å². The lowest BCUT2D eigenvalue weighted by molar-refractivity contribution is -0.131. The van der Waals surface area contributed by atoms with E-state index in [-0.39, 0.29) is 11.8 Å². The molecular formula is C25H33NO5S. The van der Waals surface area contributed by atoms with Crippen LogP contribution in [0, 0.1) is 0 Å². The first kappa shape index (κ1) is 24.3. The highest BCUT2D eigenvalue weighted by molar-refractivity contribution is 8.24. The van der Waals surface area contributed by atoms with E-state index in [1.807, 2.05) is 30.3 Å². The van der Waals surface area contributed by atoms with Crippen molar-refractivity contribution in [3.05, 3.63) is 65.2 Å². The molecule has 3 rings (SSSR count). The Morgan fingerprint density at radius 3 is 2.56 bits per heavy atom. The molecule has 174 valence electrons. The van der Waals surface area contributed by atoms with E-state index in [0.717, 1.165) is 42.9 Å². The van der Waals surface area contributed by atoms with E-state index >= 15 is 0 Å². The molecule has 2 atom stereocenters. The Kier molecular flexibility index (Phi) is 7.67. The van der Waals surface area contributed by atoms with Gasteiger partial charge in [0.25, 0.3) is 0 Å². The van der Waals surface area contributed by atoms with Crippen molar-refractivity contribution in [1.82, 2.24) is 5.32 Å². The van der Waals surface area contributed by atoms with Crippen LogP contribution in [0.15, 0.2) is 53.4 Å². The number of ether oxygens (including phenoxy) is 1. The lowest BCUT2D eigenvalue weighted by Gasteiger charge is -2.42. The first-order chi connectivity index (χ1) is 15.2. The number of carboxylic acid groups (broad SMARTS) is 1. The predicted octanol–water partition coefficient (Wildman–Crippen LogP) is 5.93. The Morgan fingerprint density at radius 1 is 1.25 bits per heavy atom. The number of benzene rings is 2. The van der Waals surface area contributed by atoms with Crippen LogP contribution in [0.1, 0.15) is 62.3 Å². The molecule has 1 aliphatic rings. The lowest BCUT2D eigenvalue weighted by Crippen LogP contribution is -2.49. The van der Waals surface area contributed by atoms with E-state index in [2.05, 4.69) is 19.2 Å². The molecule has 2 aromatic carbocycles. The zero-order chi connectivity index (χ0) is 23.4. The molecule has 0 fully saturated rings. The zero-order valence-electron chi connectivity index (χ0n) is 18.9. The molecule has 1 aliphatic heterocycles. The maximum absolute atomic E-state index is 11.4. The van der Waals surface area contributed by atoms with E-state index in [1.54, 1.807) is 12.1 Å². The van der Waals surface area contributed by atoms with Crippen LogP contribution in [0.25, 0.3) is 6.08 Å². The molecule has 4 N–H and O–H groups in total. The van der Waals surface area contributed by atoms with Gasteiger partial charge in [0, 0.05) is 22.7 Å². The fourth-order valence-corrected chi connectivity index (χ4v) is 6.63. The van der Waals surface area contributed by atoms with Crippen molar-refractivity contribution in [2.24, 2.45) is 0 Å². The number of unbranched alkanes of at least 4 members (excludes halogenated alkanes) is 1. The second-order valence-corrected chi connectivity index (χ2v) is 10.4. The number of nitrogens with one attached hydrogen (secondary N) is 1. The normalized spacial score (nSPS) is 23.3. The van der Waals surface area contributed by atoms with Gasteiger partial charge in [-0.15, -0.1) is 0 Å². The van der Waals surface area contributed by atoms with Crippen molar-refractivity contribution in [3.63, 3.8) is 0 Å². The fourth-order valence-electron chi connectivity index (χ4n) is 4.41. The Balaban J connectivity index is 2.25. The molecule has 6 nitrogen and oxygen atoms in total.